The summed E-state index contributed by atoms with van der Waals surface area (Å²) in [6.45, 7) is 0.759. The number of anilines is 1. The first-order valence-electron chi connectivity index (χ1n) is 6.71. The van der Waals surface area contributed by atoms with E-state index in [1.165, 1.54) is 0 Å². The predicted molar refractivity (Wildman–Crippen MR) is 80.5 cm³/mol. The molecule has 0 bridgehead atoms. The Morgan fingerprint density at radius 2 is 1.90 bits per heavy atom. The van der Waals surface area contributed by atoms with Crippen LogP contribution in [0.1, 0.15) is 0 Å². The molecular weight excluding hydrogens is 291 g/mol. The van der Waals surface area contributed by atoms with Gasteiger partial charge in [0.05, 0.1) is 13.1 Å². The molecule has 0 N–H and O–H groups in total. The summed E-state index contributed by atoms with van der Waals surface area (Å²) >= 11 is 5.95. The van der Waals surface area contributed by atoms with Crippen molar-refractivity contribution in [1.82, 2.24) is 14.6 Å². The van der Waals surface area contributed by atoms with Crippen molar-refractivity contribution in [3.05, 3.63) is 47.6 Å². The van der Waals surface area contributed by atoms with Gasteiger partial charge in [-0.05, 0) is 24.3 Å². The Bertz CT molecular complexity index is 793. The molecule has 0 spiro atoms. The number of halogens is 2. The Hall–Kier alpha value is -2.14. The minimum Gasteiger partial charge on any atom is -0.349 e. The highest BCUT2D eigenvalue weighted by atomic mass is 35.5. The van der Waals surface area contributed by atoms with E-state index in [9.17, 15) is 4.39 Å². The summed E-state index contributed by atoms with van der Waals surface area (Å²) in [6, 6.07) is 11.2. The number of fused-ring (bicyclic) bond motifs is 1. The highest BCUT2D eigenvalue weighted by Gasteiger charge is 2.31. The largest absolute Gasteiger partial charge is 0.349 e. The van der Waals surface area contributed by atoms with E-state index in [0.717, 1.165) is 22.7 Å². The van der Waals surface area contributed by atoms with Gasteiger partial charge in [0.1, 0.15) is 11.9 Å². The van der Waals surface area contributed by atoms with Crippen LogP contribution in [0, 0.1) is 0 Å². The van der Waals surface area contributed by atoms with Crippen LogP contribution < -0.4 is 4.90 Å². The second-order valence-corrected chi connectivity index (χ2v) is 5.52. The van der Waals surface area contributed by atoms with Crippen molar-refractivity contribution in [2.24, 2.45) is 0 Å². The van der Waals surface area contributed by atoms with E-state index in [2.05, 4.69) is 10.1 Å². The van der Waals surface area contributed by atoms with Gasteiger partial charge in [-0.25, -0.2) is 13.9 Å². The lowest BCUT2D eigenvalue weighted by Gasteiger charge is -2.35. The van der Waals surface area contributed by atoms with Gasteiger partial charge in [0.2, 0.25) is 0 Å². The van der Waals surface area contributed by atoms with Crippen LogP contribution >= 0.6 is 11.6 Å². The summed E-state index contributed by atoms with van der Waals surface area (Å²) in [7, 11) is 0. The van der Waals surface area contributed by atoms with Gasteiger partial charge in [0.15, 0.2) is 11.5 Å². The normalized spacial score (nSPS) is 15.4. The summed E-state index contributed by atoms with van der Waals surface area (Å²) in [4.78, 5) is 6.53. The summed E-state index contributed by atoms with van der Waals surface area (Å²) in [5.41, 5.74) is 2.58. The third-order valence-corrected chi connectivity index (χ3v) is 3.88. The number of alkyl halides is 1. The Kier molecular flexibility index (Phi) is 2.82. The number of hydrogen-bond acceptors (Lipinski definition) is 3. The lowest BCUT2D eigenvalue weighted by Crippen LogP contribution is -2.48. The van der Waals surface area contributed by atoms with Gasteiger partial charge in [-0.1, -0.05) is 23.7 Å². The van der Waals surface area contributed by atoms with Crippen molar-refractivity contribution in [2.75, 3.05) is 18.0 Å². The quantitative estimate of drug-likeness (QED) is 0.729. The fourth-order valence-electron chi connectivity index (χ4n) is 2.55. The summed E-state index contributed by atoms with van der Waals surface area (Å²) in [5, 5.41) is 5.04. The van der Waals surface area contributed by atoms with E-state index in [0.29, 0.717) is 18.1 Å². The lowest BCUT2D eigenvalue weighted by molar-refractivity contribution is 0.274. The second kappa shape index (κ2) is 4.70. The molecule has 106 valence electrons. The first kappa shape index (κ1) is 12.6. The van der Waals surface area contributed by atoms with Gasteiger partial charge in [-0.15, -0.1) is 0 Å². The number of nitrogens with zero attached hydrogens (tertiary/aromatic N) is 4. The van der Waals surface area contributed by atoms with Crippen molar-refractivity contribution in [3.63, 3.8) is 0 Å². The van der Waals surface area contributed by atoms with Crippen molar-refractivity contribution in [3.8, 4) is 11.3 Å². The lowest BCUT2D eigenvalue weighted by atomic mass is 10.1. The molecule has 0 amide bonds. The molecule has 1 aliphatic heterocycles. The van der Waals surface area contributed by atoms with Gasteiger partial charge in [0, 0.05) is 16.8 Å². The maximum Gasteiger partial charge on any atom is 0.158 e. The molecule has 4 nitrogen and oxygen atoms in total. The number of aromatic nitrogens is 3. The summed E-state index contributed by atoms with van der Waals surface area (Å²) in [6.07, 6.45) is 0.937. The molecule has 0 saturated carbocycles. The molecule has 0 atom stereocenters. The molecule has 1 fully saturated rings. The smallest absolute Gasteiger partial charge is 0.158 e. The molecule has 3 heterocycles. The maximum atomic E-state index is 13.2. The Morgan fingerprint density at radius 1 is 1.14 bits per heavy atom. The zero-order valence-electron chi connectivity index (χ0n) is 11.1. The zero-order chi connectivity index (χ0) is 14.4. The van der Waals surface area contributed by atoms with Crippen LogP contribution in [-0.2, 0) is 0 Å². The first-order valence-corrected chi connectivity index (χ1v) is 7.09. The average molecular weight is 303 g/mol. The molecular formula is C15H12ClFN4. The average Bonchev–Trinajstić information content (AvgIpc) is 2.84. The topological polar surface area (TPSA) is 33.4 Å². The first-order chi connectivity index (χ1) is 10.2. The van der Waals surface area contributed by atoms with Crippen molar-refractivity contribution in [1.29, 1.82) is 0 Å². The number of hydrogen-bond donors (Lipinski definition) is 0. The highest BCUT2D eigenvalue weighted by molar-refractivity contribution is 6.30. The van der Waals surface area contributed by atoms with E-state index in [1.807, 2.05) is 41.3 Å². The van der Waals surface area contributed by atoms with Crippen LogP contribution in [0.3, 0.4) is 0 Å². The number of rotatable bonds is 2. The number of imidazole rings is 1. The van der Waals surface area contributed by atoms with Gasteiger partial charge >= 0.3 is 0 Å². The predicted octanol–water partition coefficient (Wildman–Crippen LogP) is 3.21. The van der Waals surface area contributed by atoms with Gasteiger partial charge in [-0.2, -0.15) is 5.10 Å². The molecule has 3 aromatic rings. The summed E-state index contributed by atoms with van der Waals surface area (Å²) in [5.74, 6) is 0.768. The number of benzene rings is 1. The maximum absolute atomic E-state index is 13.2. The minimum atomic E-state index is -0.777. The minimum absolute atomic E-state index is 0.379. The van der Waals surface area contributed by atoms with Crippen LogP contribution in [0.5, 0.6) is 0 Å². The molecule has 2 aromatic heterocycles. The SMILES string of the molecule is FC1CN(c2nc3cccnn3c2-c2ccc(Cl)cc2)C1. The fraction of sp³-hybridized carbons (Fsp3) is 0.200. The van der Waals surface area contributed by atoms with Crippen LogP contribution in [0.4, 0.5) is 10.2 Å². The van der Waals surface area contributed by atoms with E-state index < -0.39 is 6.17 Å². The van der Waals surface area contributed by atoms with E-state index in [-0.39, 0.29) is 0 Å². The van der Waals surface area contributed by atoms with Crippen LogP contribution in [-0.4, -0.2) is 33.9 Å². The Balaban J connectivity index is 1.92. The van der Waals surface area contributed by atoms with Gasteiger partial charge in [-0.3, -0.25) is 0 Å². The Labute approximate surface area is 125 Å². The highest BCUT2D eigenvalue weighted by Crippen LogP contribution is 2.34. The standard InChI is InChI=1S/C15H12ClFN4/c16-11-5-3-10(4-6-11)14-15(20-8-12(17)9-20)19-13-2-1-7-18-21(13)14/h1-7,12H,8-9H2. The molecule has 0 aliphatic carbocycles. The Morgan fingerprint density at radius 3 is 2.62 bits per heavy atom. The molecule has 1 saturated heterocycles. The zero-order valence-corrected chi connectivity index (χ0v) is 11.8. The van der Waals surface area contributed by atoms with E-state index >= 15 is 0 Å². The molecule has 6 heteroatoms. The molecule has 4 rings (SSSR count). The molecule has 0 unspecified atom stereocenters. The van der Waals surface area contributed by atoms with Crippen molar-refractivity contribution < 1.29 is 4.39 Å². The monoisotopic (exact) mass is 302 g/mol. The van der Waals surface area contributed by atoms with Gasteiger partial charge in [0.25, 0.3) is 0 Å². The van der Waals surface area contributed by atoms with Crippen molar-refractivity contribution >= 4 is 23.1 Å². The van der Waals surface area contributed by atoms with Gasteiger partial charge < -0.3 is 4.90 Å². The third-order valence-electron chi connectivity index (χ3n) is 3.63. The van der Waals surface area contributed by atoms with Crippen LogP contribution in [0.2, 0.25) is 5.02 Å². The molecule has 0 radical (unpaired) electrons. The molecule has 1 aliphatic rings. The van der Waals surface area contributed by atoms with Crippen LogP contribution in [0.15, 0.2) is 42.6 Å². The molecule has 21 heavy (non-hydrogen) atoms. The summed E-state index contributed by atoms with van der Waals surface area (Å²) < 4.78 is 15.0. The van der Waals surface area contributed by atoms with Crippen LogP contribution in [0.25, 0.3) is 16.9 Å². The third kappa shape index (κ3) is 2.05. The van der Waals surface area contributed by atoms with E-state index in [4.69, 9.17) is 11.6 Å². The second-order valence-electron chi connectivity index (χ2n) is 5.09. The van der Waals surface area contributed by atoms with Crippen molar-refractivity contribution in [2.45, 2.75) is 6.17 Å². The fourth-order valence-corrected chi connectivity index (χ4v) is 2.68. The van der Waals surface area contributed by atoms with E-state index in [1.54, 1.807) is 10.7 Å². The molecule has 1 aromatic carbocycles.